The monoisotopic (exact) mass is 390 g/mol. The Kier molecular flexibility index (Phi) is 6.74. The van der Waals surface area contributed by atoms with Crippen molar-refractivity contribution in [1.29, 1.82) is 0 Å². The zero-order chi connectivity index (χ0) is 19.3. The summed E-state index contributed by atoms with van der Waals surface area (Å²) in [7, 11) is 0. The minimum Gasteiger partial charge on any atom is -0.760 e. The summed E-state index contributed by atoms with van der Waals surface area (Å²) in [5, 5.41) is 4.03. The average Bonchev–Trinajstić information content (AvgIpc) is 3.33. The van der Waals surface area contributed by atoms with E-state index in [0.717, 1.165) is 18.6 Å². The molecule has 0 bridgehead atoms. The first kappa shape index (κ1) is 20.3. The predicted molar refractivity (Wildman–Crippen MR) is 87.3 cm³/mol. The lowest BCUT2D eigenvalue weighted by molar-refractivity contribution is -0.139. The molecule has 3 atom stereocenters. The van der Waals surface area contributed by atoms with Gasteiger partial charge in [-0.15, -0.1) is 0 Å². The maximum Gasteiger partial charge on any atom is 0.420 e. The Hall–Kier alpha value is -1.97. The van der Waals surface area contributed by atoms with Gasteiger partial charge >= 0.3 is 6.18 Å². The number of alkyl halides is 3. The highest BCUT2D eigenvalue weighted by atomic mass is 32.2. The largest absolute Gasteiger partial charge is 0.760 e. The van der Waals surface area contributed by atoms with E-state index in [9.17, 15) is 17.6 Å². The molecule has 1 aliphatic carbocycles. The number of ether oxygens (including phenoxy) is 1. The van der Waals surface area contributed by atoms with Gasteiger partial charge in [0.15, 0.2) is 0 Å². The molecule has 0 heterocycles. The van der Waals surface area contributed by atoms with E-state index in [-0.39, 0.29) is 18.3 Å². The summed E-state index contributed by atoms with van der Waals surface area (Å²) in [6.07, 6.45) is -3.73. The first-order valence-corrected chi connectivity index (χ1v) is 8.70. The Morgan fingerprint density at radius 1 is 1.19 bits per heavy atom. The maximum atomic E-state index is 13.0. The van der Waals surface area contributed by atoms with Crippen LogP contribution in [0.3, 0.4) is 0 Å². The summed E-state index contributed by atoms with van der Waals surface area (Å²) in [4.78, 5) is 0. The number of hydrogen-bond acceptors (Lipinski definition) is 3. The van der Waals surface area contributed by atoms with Crippen LogP contribution in [-0.2, 0) is 17.4 Å². The van der Waals surface area contributed by atoms with Crippen molar-refractivity contribution in [2.45, 2.75) is 18.5 Å². The molecule has 142 valence electrons. The predicted octanol–water partition coefficient (Wildman–Crippen LogP) is 3.77. The summed E-state index contributed by atoms with van der Waals surface area (Å²) in [5.74, 6) is -0.703. The molecule has 1 saturated carbocycles. The van der Waals surface area contributed by atoms with Crippen LogP contribution < -0.4 is 9.88 Å². The molecule has 1 unspecified atom stereocenters. The van der Waals surface area contributed by atoms with Crippen LogP contribution >= 0.6 is 0 Å². The van der Waals surface area contributed by atoms with Crippen LogP contribution in [0.25, 0.3) is 0 Å². The van der Waals surface area contributed by atoms with Crippen LogP contribution in [0.5, 0.6) is 5.75 Å². The van der Waals surface area contributed by atoms with Gasteiger partial charge in [0.1, 0.15) is 17.1 Å². The maximum absolute atomic E-state index is 13.0. The third kappa shape index (κ3) is 6.08. The molecule has 0 aromatic heterocycles. The van der Waals surface area contributed by atoms with Gasteiger partial charge in [0.2, 0.25) is 0 Å². The molecule has 2 aromatic carbocycles. The quantitative estimate of drug-likeness (QED) is 0.638. The number of nitrogens with two attached hydrogens (primary N) is 1. The molecular weight excluding hydrogens is 374 g/mol. The number of halogens is 4. The molecule has 0 spiro atoms. The lowest BCUT2D eigenvalue weighted by atomic mass is 10.1. The Balaban J connectivity index is 0.000000552. The Labute approximate surface area is 150 Å². The smallest absolute Gasteiger partial charge is 0.420 e. The van der Waals surface area contributed by atoms with Crippen molar-refractivity contribution in [3.63, 3.8) is 0 Å². The van der Waals surface area contributed by atoms with Gasteiger partial charge in [0, 0.05) is 17.2 Å². The molecular formula is C17H16F4NO3S-. The summed E-state index contributed by atoms with van der Waals surface area (Å²) < 4.78 is 74.5. The second-order valence-electron chi connectivity index (χ2n) is 5.72. The first-order chi connectivity index (χ1) is 12.2. The van der Waals surface area contributed by atoms with Crippen molar-refractivity contribution in [3.05, 3.63) is 65.5 Å². The lowest BCUT2D eigenvalue weighted by Gasteiger charge is -2.14. The fraction of sp³-hybridized carbons (Fsp3) is 0.294. The topological polar surface area (TPSA) is 75.4 Å². The van der Waals surface area contributed by atoms with Gasteiger partial charge in [-0.05, 0) is 36.1 Å². The van der Waals surface area contributed by atoms with Gasteiger partial charge in [-0.2, -0.15) is 13.2 Å². The average molecular weight is 390 g/mol. The van der Waals surface area contributed by atoms with Crippen LogP contribution in [0.2, 0.25) is 0 Å². The number of benzene rings is 2. The number of rotatable bonds is 4. The van der Waals surface area contributed by atoms with Crippen molar-refractivity contribution in [1.82, 2.24) is 0 Å². The molecule has 1 fully saturated rings. The van der Waals surface area contributed by atoms with E-state index in [1.807, 2.05) is 30.3 Å². The molecule has 0 saturated heterocycles. The second-order valence-corrected chi connectivity index (χ2v) is 6.24. The van der Waals surface area contributed by atoms with E-state index in [2.05, 4.69) is 5.14 Å². The van der Waals surface area contributed by atoms with Gasteiger partial charge < -0.3 is 9.29 Å². The second kappa shape index (κ2) is 8.61. The van der Waals surface area contributed by atoms with Crippen LogP contribution in [0.4, 0.5) is 17.6 Å². The molecule has 2 aromatic rings. The molecule has 26 heavy (non-hydrogen) atoms. The van der Waals surface area contributed by atoms with Crippen LogP contribution in [0.15, 0.2) is 48.5 Å². The fourth-order valence-electron chi connectivity index (χ4n) is 2.59. The molecule has 4 nitrogen and oxygen atoms in total. The van der Waals surface area contributed by atoms with Crippen molar-refractivity contribution >= 4 is 11.3 Å². The van der Waals surface area contributed by atoms with Gasteiger partial charge in [-0.25, -0.2) is 4.39 Å². The summed E-state index contributed by atoms with van der Waals surface area (Å²) in [5.41, 5.74) is 0.107. The van der Waals surface area contributed by atoms with Crippen LogP contribution in [-0.4, -0.2) is 15.4 Å². The lowest BCUT2D eigenvalue weighted by Crippen LogP contribution is -2.11. The SMILES string of the molecule is Fc1ccc(OC[C@H]2C[C@@H]2c2ccccc2)c(C(F)(F)F)c1.NS(=O)[O-]. The van der Waals surface area contributed by atoms with Crippen molar-refractivity contribution in [2.75, 3.05) is 6.61 Å². The zero-order valence-corrected chi connectivity index (χ0v) is 14.2. The molecule has 2 N–H and O–H groups in total. The van der Waals surface area contributed by atoms with Crippen molar-refractivity contribution in [2.24, 2.45) is 11.1 Å². The third-order valence-electron chi connectivity index (χ3n) is 3.85. The summed E-state index contributed by atoms with van der Waals surface area (Å²) in [6.45, 7) is 0.203. The molecule has 0 radical (unpaired) electrons. The van der Waals surface area contributed by atoms with Gasteiger partial charge in [0.25, 0.3) is 0 Å². The summed E-state index contributed by atoms with van der Waals surface area (Å²) >= 11 is -2.36. The highest BCUT2D eigenvalue weighted by molar-refractivity contribution is 7.76. The Bertz CT molecular complexity index is 751. The van der Waals surface area contributed by atoms with Gasteiger partial charge in [0.05, 0.1) is 6.61 Å². The first-order valence-electron chi connectivity index (χ1n) is 7.56. The van der Waals surface area contributed by atoms with E-state index >= 15 is 0 Å². The standard InChI is InChI=1S/C17H14F4O.H3NO2S/c18-13-6-7-16(15(9-13)17(19,20)21)22-10-12-8-14(12)11-4-2-1-3-5-11;1-4(2)3/h1-7,9,12,14H,8,10H2;1H2,(H,2,3)/p-1/t12-,14-;/m1./s1. The minimum absolute atomic E-state index is 0.202. The van der Waals surface area contributed by atoms with E-state index in [1.54, 1.807) is 0 Å². The Morgan fingerprint density at radius 2 is 1.81 bits per heavy atom. The van der Waals surface area contributed by atoms with E-state index in [4.69, 9.17) is 13.5 Å². The normalized spacial score (nSPS) is 19.9. The fourth-order valence-corrected chi connectivity index (χ4v) is 2.59. The van der Waals surface area contributed by atoms with Crippen molar-refractivity contribution in [3.8, 4) is 5.75 Å². The molecule has 0 amide bonds. The Morgan fingerprint density at radius 3 is 2.38 bits per heavy atom. The zero-order valence-electron chi connectivity index (χ0n) is 13.4. The third-order valence-corrected chi connectivity index (χ3v) is 3.85. The van der Waals surface area contributed by atoms with E-state index < -0.39 is 28.8 Å². The molecule has 3 rings (SSSR count). The van der Waals surface area contributed by atoms with E-state index in [1.165, 1.54) is 5.56 Å². The van der Waals surface area contributed by atoms with E-state index in [0.29, 0.717) is 12.0 Å². The highest BCUT2D eigenvalue weighted by Gasteiger charge is 2.40. The van der Waals surface area contributed by atoms with Crippen LogP contribution in [0, 0.1) is 11.7 Å². The van der Waals surface area contributed by atoms with Gasteiger partial charge in [-0.1, -0.05) is 30.3 Å². The van der Waals surface area contributed by atoms with Crippen LogP contribution in [0.1, 0.15) is 23.5 Å². The molecule has 1 aliphatic rings. The highest BCUT2D eigenvalue weighted by Crippen LogP contribution is 2.48. The minimum atomic E-state index is -4.63. The number of hydrogen-bond donors (Lipinski definition) is 1. The van der Waals surface area contributed by atoms with Gasteiger partial charge in [-0.3, -0.25) is 9.35 Å². The van der Waals surface area contributed by atoms with Crippen molar-refractivity contribution < 1.29 is 31.1 Å². The molecule has 9 heteroatoms. The summed E-state index contributed by atoms with van der Waals surface area (Å²) in [6, 6.07) is 12.3. The molecule has 0 aliphatic heterocycles.